The van der Waals surface area contributed by atoms with Crippen LogP contribution in [0.25, 0.3) is 0 Å². The fourth-order valence-electron chi connectivity index (χ4n) is 2.66. The molecule has 2 heterocycles. The molecule has 0 spiro atoms. The van der Waals surface area contributed by atoms with Crippen molar-refractivity contribution in [3.05, 3.63) is 12.2 Å². The largest absolute Gasteiger partial charge is 0.444 e. The number of aromatic nitrogens is 3. The molecular weight excluding hydrogens is 310 g/mol. The molecule has 2 amide bonds. The highest BCUT2D eigenvalue weighted by atomic mass is 16.6. The SMILES string of the molecule is CCCN(C(=O)OC(C)(C)C)[C@H](C)C(=O)N1CCn2cnnc2C1. The fourth-order valence-corrected chi connectivity index (χ4v) is 2.66. The molecule has 24 heavy (non-hydrogen) atoms. The monoisotopic (exact) mass is 337 g/mol. The molecule has 2 rings (SSSR count). The number of hydrogen-bond acceptors (Lipinski definition) is 5. The van der Waals surface area contributed by atoms with Gasteiger partial charge in [-0.15, -0.1) is 10.2 Å². The molecule has 0 aromatic carbocycles. The van der Waals surface area contributed by atoms with Crippen LogP contribution in [0.15, 0.2) is 6.33 Å². The second-order valence-electron chi connectivity index (χ2n) is 7.05. The van der Waals surface area contributed by atoms with Gasteiger partial charge in [-0.05, 0) is 34.1 Å². The van der Waals surface area contributed by atoms with Crippen LogP contribution < -0.4 is 0 Å². The van der Waals surface area contributed by atoms with Crippen molar-refractivity contribution in [1.82, 2.24) is 24.6 Å². The molecule has 134 valence electrons. The molecule has 0 saturated carbocycles. The Morgan fingerprint density at radius 2 is 2.08 bits per heavy atom. The Morgan fingerprint density at radius 3 is 2.71 bits per heavy atom. The van der Waals surface area contributed by atoms with E-state index in [9.17, 15) is 9.59 Å². The molecule has 0 unspecified atom stereocenters. The van der Waals surface area contributed by atoms with Crippen molar-refractivity contribution < 1.29 is 14.3 Å². The smallest absolute Gasteiger partial charge is 0.410 e. The molecule has 0 aliphatic carbocycles. The van der Waals surface area contributed by atoms with E-state index in [2.05, 4.69) is 10.2 Å². The summed E-state index contributed by atoms with van der Waals surface area (Å²) in [6.45, 7) is 11.3. The molecular formula is C16H27N5O3. The van der Waals surface area contributed by atoms with Crippen LogP contribution in [0.5, 0.6) is 0 Å². The van der Waals surface area contributed by atoms with Gasteiger partial charge in [-0.3, -0.25) is 9.69 Å². The first kappa shape index (κ1) is 18.2. The summed E-state index contributed by atoms with van der Waals surface area (Å²) in [5, 5.41) is 7.89. The number of carbonyl (C=O) groups excluding carboxylic acids is 2. The zero-order valence-electron chi connectivity index (χ0n) is 15.2. The molecule has 1 aromatic rings. The molecule has 1 atom stereocenters. The summed E-state index contributed by atoms with van der Waals surface area (Å²) in [6.07, 6.45) is 1.97. The number of rotatable bonds is 4. The molecule has 1 aromatic heterocycles. The van der Waals surface area contributed by atoms with Crippen LogP contribution in [-0.4, -0.2) is 61.3 Å². The summed E-state index contributed by atoms with van der Waals surface area (Å²) >= 11 is 0. The predicted molar refractivity (Wildman–Crippen MR) is 88.1 cm³/mol. The summed E-state index contributed by atoms with van der Waals surface area (Å²) in [4.78, 5) is 28.5. The van der Waals surface area contributed by atoms with Gasteiger partial charge in [0.15, 0.2) is 5.82 Å². The zero-order valence-corrected chi connectivity index (χ0v) is 15.2. The van der Waals surface area contributed by atoms with Crippen LogP contribution in [0.4, 0.5) is 4.79 Å². The van der Waals surface area contributed by atoms with E-state index >= 15 is 0 Å². The highest BCUT2D eigenvalue weighted by molar-refractivity contribution is 5.85. The number of fused-ring (bicyclic) bond motifs is 1. The first-order valence-corrected chi connectivity index (χ1v) is 8.38. The molecule has 8 nitrogen and oxygen atoms in total. The summed E-state index contributed by atoms with van der Waals surface area (Å²) in [5.41, 5.74) is -0.590. The second-order valence-corrected chi connectivity index (χ2v) is 7.05. The van der Waals surface area contributed by atoms with Crippen molar-refractivity contribution in [2.24, 2.45) is 0 Å². The standard InChI is InChI=1S/C16H27N5O3/c1-6-7-21(15(23)24-16(3,4)5)12(2)14(22)19-8-9-20-11-17-18-13(20)10-19/h11-12H,6-10H2,1-5H3/t12-/m1/s1. The lowest BCUT2D eigenvalue weighted by Crippen LogP contribution is -2.52. The van der Waals surface area contributed by atoms with E-state index in [-0.39, 0.29) is 5.91 Å². The predicted octanol–water partition coefficient (Wildman–Crippen LogP) is 1.66. The highest BCUT2D eigenvalue weighted by Gasteiger charge is 2.33. The van der Waals surface area contributed by atoms with E-state index in [1.54, 1.807) is 18.2 Å². The van der Waals surface area contributed by atoms with E-state index in [0.717, 1.165) is 12.2 Å². The third kappa shape index (κ3) is 4.24. The zero-order chi connectivity index (χ0) is 17.9. The van der Waals surface area contributed by atoms with Crippen molar-refractivity contribution in [2.75, 3.05) is 13.1 Å². The third-order valence-corrected chi connectivity index (χ3v) is 3.87. The van der Waals surface area contributed by atoms with E-state index in [1.807, 2.05) is 32.3 Å². The fraction of sp³-hybridized carbons (Fsp3) is 0.750. The van der Waals surface area contributed by atoms with Crippen LogP contribution >= 0.6 is 0 Å². The normalized spacial score (nSPS) is 15.6. The van der Waals surface area contributed by atoms with Gasteiger partial charge in [0.1, 0.15) is 18.0 Å². The quantitative estimate of drug-likeness (QED) is 0.834. The van der Waals surface area contributed by atoms with Crippen LogP contribution in [0.2, 0.25) is 0 Å². The van der Waals surface area contributed by atoms with Gasteiger partial charge >= 0.3 is 6.09 Å². The lowest BCUT2D eigenvalue weighted by Gasteiger charge is -2.35. The van der Waals surface area contributed by atoms with Crippen LogP contribution in [0.1, 0.15) is 46.9 Å². The summed E-state index contributed by atoms with van der Waals surface area (Å²) in [7, 11) is 0. The number of hydrogen-bond donors (Lipinski definition) is 0. The molecule has 0 bridgehead atoms. The minimum Gasteiger partial charge on any atom is -0.444 e. The number of carbonyl (C=O) groups is 2. The summed E-state index contributed by atoms with van der Waals surface area (Å²) in [5.74, 6) is 0.671. The molecule has 1 aliphatic rings. The lowest BCUT2D eigenvalue weighted by molar-refractivity contribution is -0.138. The number of amides is 2. The molecule has 0 saturated heterocycles. The van der Waals surface area contributed by atoms with Gasteiger partial charge in [0.25, 0.3) is 0 Å². The Kier molecular flexibility index (Phi) is 5.46. The van der Waals surface area contributed by atoms with Crippen molar-refractivity contribution in [3.63, 3.8) is 0 Å². The third-order valence-electron chi connectivity index (χ3n) is 3.87. The Morgan fingerprint density at radius 1 is 1.38 bits per heavy atom. The Hall–Kier alpha value is -2.12. The Bertz CT molecular complexity index is 593. The maximum Gasteiger partial charge on any atom is 0.410 e. The van der Waals surface area contributed by atoms with Gasteiger partial charge in [0.2, 0.25) is 5.91 Å². The molecule has 0 N–H and O–H groups in total. The minimum absolute atomic E-state index is 0.0939. The van der Waals surface area contributed by atoms with E-state index in [0.29, 0.717) is 26.2 Å². The second kappa shape index (κ2) is 7.19. The van der Waals surface area contributed by atoms with E-state index in [1.165, 1.54) is 4.90 Å². The minimum atomic E-state index is -0.590. The van der Waals surface area contributed by atoms with Crippen LogP contribution in [0, 0.1) is 0 Å². The summed E-state index contributed by atoms with van der Waals surface area (Å²) in [6, 6.07) is -0.575. The molecule has 0 fully saturated rings. The van der Waals surface area contributed by atoms with Crippen LogP contribution in [0.3, 0.4) is 0 Å². The van der Waals surface area contributed by atoms with Gasteiger partial charge in [-0.25, -0.2) is 4.79 Å². The van der Waals surface area contributed by atoms with Crippen LogP contribution in [-0.2, 0) is 22.6 Å². The molecule has 0 radical (unpaired) electrons. The first-order valence-electron chi connectivity index (χ1n) is 8.38. The Balaban J connectivity index is 2.07. The van der Waals surface area contributed by atoms with Crippen molar-refractivity contribution in [3.8, 4) is 0 Å². The lowest BCUT2D eigenvalue weighted by atomic mass is 10.2. The average Bonchev–Trinajstić information content (AvgIpc) is 2.96. The number of ether oxygens (including phenoxy) is 1. The van der Waals surface area contributed by atoms with Crippen molar-refractivity contribution in [2.45, 2.75) is 65.8 Å². The van der Waals surface area contributed by atoms with Gasteiger partial charge in [0, 0.05) is 19.6 Å². The highest BCUT2D eigenvalue weighted by Crippen LogP contribution is 2.16. The number of nitrogens with zero attached hydrogens (tertiary/aromatic N) is 5. The van der Waals surface area contributed by atoms with Gasteiger partial charge < -0.3 is 14.2 Å². The van der Waals surface area contributed by atoms with Crippen molar-refractivity contribution in [1.29, 1.82) is 0 Å². The summed E-state index contributed by atoms with van der Waals surface area (Å²) < 4.78 is 7.38. The Labute approximate surface area is 142 Å². The average molecular weight is 337 g/mol. The molecule has 8 heteroatoms. The van der Waals surface area contributed by atoms with Gasteiger partial charge in [-0.1, -0.05) is 6.92 Å². The topological polar surface area (TPSA) is 80.6 Å². The van der Waals surface area contributed by atoms with Gasteiger partial charge in [0.05, 0.1) is 6.54 Å². The van der Waals surface area contributed by atoms with Crippen molar-refractivity contribution >= 4 is 12.0 Å². The van der Waals surface area contributed by atoms with E-state index in [4.69, 9.17) is 4.74 Å². The van der Waals surface area contributed by atoms with E-state index < -0.39 is 17.7 Å². The van der Waals surface area contributed by atoms with Gasteiger partial charge in [-0.2, -0.15) is 0 Å². The first-order chi connectivity index (χ1) is 11.2. The molecule has 1 aliphatic heterocycles. The maximum atomic E-state index is 12.8. The maximum absolute atomic E-state index is 12.8.